The number of aromatic nitrogens is 3. The molecular weight excluding hydrogens is 597 g/mol. The molecule has 1 saturated heterocycles. The Labute approximate surface area is 272 Å². The zero-order chi connectivity index (χ0) is 32.8. The number of piperidine rings is 1. The number of nitrogens with two attached hydrogens (primary N) is 1. The summed E-state index contributed by atoms with van der Waals surface area (Å²) in [7, 11) is 3.54. The number of methoxy groups -OCH3 is 1. The van der Waals surface area contributed by atoms with E-state index in [2.05, 4.69) is 28.8 Å². The number of amides is 1. The molecule has 1 amide bonds. The van der Waals surface area contributed by atoms with E-state index < -0.39 is 12.2 Å². The van der Waals surface area contributed by atoms with Crippen LogP contribution >= 0.6 is 0 Å². The van der Waals surface area contributed by atoms with Crippen LogP contribution in [0.5, 0.6) is 5.75 Å². The largest absolute Gasteiger partial charge is 0.494 e. The first-order valence-electron chi connectivity index (χ1n) is 16.4. The number of Topliss-reactive ketones (excluding diaryl/α,β-unsaturated/α-hetero) is 1. The zero-order valence-corrected chi connectivity index (χ0v) is 26.8. The third kappa shape index (κ3) is 6.03. The van der Waals surface area contributed by atoms with Crippen LogP contribution < -0.4 is 10.5 Å². The number of ketones is 1. The maximum atomic E-state index is 14.3. The number of hydrogen-bond acceptors (Lipinski definition) is 6. The lowest BCUT2D eigenvalue weighted by atomic mass is 10.0. The van der Waals surface area contributed by atoms with E-state index in [1.54, 1.807) is 19.2 Å². The summed E-state index contributed by atoms with van der Waals surface area (Å²) in [6.07, 6.45) is 2.28. The predicted octanol–water partition coefficient (Wildman–Crippen LogP) is 5.75. The standard InChI is InChI=1S/C37H40FN5O4/c1-41-35-30(14-27(17-34(35)47-2)37(46)42-20-28(38)18-29(39)21-42)40-36(41)32-16-26-12-11-25(15-31(26)43(32)19-22-5-6-22)23-7-9-24(10-8-23)33(45)4-3-13-44/h7-12,14-17,22,28-29,44H,3-6,13,18-21,39H2,1-2H3/t28-,29-/m1/s1. The van der Waals surface area contributed by atoms with Gasteiger partial charge in [-0.3, -0.25) is 9.59 Å². The van der Waals surface area contributed by atoms with Crippen LogP contribution in [0.1, 0.15) is 52.8 Å². The van der Waals surface area contributed by atoms with Gasteiger partial charge in [-0.05, 0) is 67.0 Å². The van der Waals surface area contributed by atoms with E-state index in [-0.39, 0.29) is 31.3 Å². The summed E-state index contributed by atoms with van der Waals surface area (Å²) in [5, 5.41) is 10.2. The molecule has 0 bridgehead atoms. The number of carbonyl (C=O) groups is 2. The van der Waals surface area contributed by atoms with Crippen LogP contribution in [0.4, 0.5) is 4.39 Å². The first-order chi connectivity index (χ1) is 22.7. The zero-order valence-electron chi connectivity index (χ0n) is 26.8. The molecule has 2 fully saturated rings. The fourth-order valence-electron chi connectivity index (χ4n) is 6.85. The topological polar surface area (TPSA) is 116 Å². The number of imidazole rings is 1. The van der Waals surface area contributed by atoms with Crippen LogP contribution in [0, 0.1) is 5.92 Å². The van der Waals surface area contributed by atoms with Crippen LogP contribution in [-0.2, 0) is 13.6 Å². The summed E-state index contributed by atoms with van der Waals surface area (Å²) in [4.78, 5) is 32.5. The highest BCUT2D eigenvalue weighted by Crippen LogP contribution is 2.39. The van der Waals surface area contributed by atoms with Crippen molar-refractivity contribution in [2.45, 2.75) is 50.9 Å². The molecule has 9 nitrogen and oxygen atoms in total. The van der Waals surface area contributed by atoms with Crippen LogP contribution in [0.2, 0.25) is 0 Å². The number of alkyl halides is 1. The van der Waals surface area contributed by atoms with Crippen molar-refractivity contribution in [3.63, 3.8) is 0 Å². The van der Waals surface area contributed by atoms with Gasteiger partial charge in [-0.25, -0.2) is 9.37 Å². The molecule has 47 heavy (non-hydrogen) atoms. The third-order valence-corrected chi connectivity index (χ3v) is 9.49. The van der Waals surface area contributed by atoms with Crippen LogP contribution in [0.3, 0.4) is 0 Å². The number of fused-ring (bicyclic) bond motifs is 2. The summed E-state index contributed by atoms with van der Waals surface area (Å²) < 4.78 is 24.4. The number of aryl methyl sites for hydroxylation is 1. The Balaban J connectivity index is 1.27. The quantitative estimate of drug-likeness (QED) is 0.189. The normalized spacial score (nSPS) is 18.3. The molecule has 1 aliphatic heterocycles. The first-order valence-corrected chi connectivity index (χ1v) is 16.4. The van der Waals surface area contributed by atoms with Gasteiger partial charge in [0.1, 0.15) is 17.4 Å². The van der Waals surface area contributed by atoms with Crippen molar-refractivity contribution in [2.75, 3.05) is 26.8 Å². The number of likely N-dealkylation sites (tertiary alicyclic amines) is 1. The number of halogens is 1. The summed E-state index contributed by atoms with van der Waals surface area (Å²) >= 11 is 0. The number of rotatable bonds is 10. The number of aliphatic hydroxyl groups excluding tert-OH is 1. The van der Waals surface area contributed by atoms with E-state index in [9.17, 15) is 14.0 Å². The lowest BCUT2D eigenvalue weighted by Gasteiger charge is -2.33. The molecule has 2 atom stereocenters. The molecular formula is C37H40FN5O4. The SMILES string of the molecule is COc1cc(C(=O)N2C[C@H](N)C[C@@H](F)C2)cc2nc(-c3cc4ccc(-c5ccc(C(=O)CCCO)cc5)cc4n3CC3CC3)n(C)c12. The minimum Gasteiger partial charge on any atom is -0.494 e. The van der Waals surface area contributed by atoms with E-state index in [0.717, 1.165) is 45.6 Å². The van der Waals surface area contributed by atoms with Gasteiger partial charge >= 0.3 is 0 Å². The number of carbonyl (C=O) groups excluding carboxylic acids is 2. The van der Waals surface area contributed by atoms with Gasteiger partial charge in [0.15, 0.2) is 11.6 Å². The molecule has 3 N–H and O–H groups in total. The second-order valence-electron chi connectivity index (χ2n) is 13.0. The number of nitrogens with zero attached hydrogens (tertiary/aromatic N) is 4. The molecule has 0 spiro atoms. The van der Waals surface area contributed by atoms with Gasteiger partial charge in [0.25, 0.3) is 5.91 Å². The highest BCUT2D eigenvalue weighted by Gasteiger charge is 2.30. The van der Waals surface area contributed by atoms with Crippen molar-refractivity contribution < 1.29 is 23.8 Å². The maximum Gasteiger partial charge on any atom is 0.254 e. The smallest absolute Gasteiger partial charge is 0.254 e. The van der Waals surface area contributed by atoms with Gasteiger partial charge in [0.05, 0.1) is 24.9 Å². The molecule has 2 aromatic heterocycles. The van der Waals surface area contributed by atoms with Crippen LogP contribution in [0.25, 0.3) is 44.6 Å². The Morgan fingerprint density at radius 3 is 2.49 bits per heavy atom. The summed E-state index contributed by atoms with van der Waals surface area (Å²) in [6, 6.07) is 19.3. The van der Waals surface area contributed by atoms with Gasteiger partial charge in [-0.2, -0.15) is 0 Å². The maximum absolute atomic E-state index is 14.3. The monoisotopic (exact) mass is 637 g/mol. The number of hydrogen-bond donors (Lipinski definition) is 2. The number of benzene rings is 3. The van der Waals surface area contributed by atoms with Crippen molar-refractivity contribution in [1.29, 1.82) is 0 Å². The van der Waals surface area contributed by atoms with Gasteiger partial charge < -0.3 is 29.6 Å². The Kier molecular flexibility index (Phi) is 8.32. The van der Waals surface area contributed by atoms with Crippen molar-refractivity contribution >= 4 is 33.6 Å². The van der Waals surface area contributed by atoms with Crippen LogP contribution in [-0.4, -0.2) is 74.8 Å². The van der Waals surface area contributed by atoms with E-state index in [4.69, 9.17) is 20.6 Å². The predicted molar refractivity (Wildman–Crippen MR) is 180 cm³/mol. The van der Waals surface area contributed by atoms with Crippen molar-refractivity contribution in [3.8, 4) is 28.4 Å². The minimum atomic E-state index is -1.14. The molecule has 1 saturated carbocycles. The number of ether oxygens (including phenoxy) is 1. The molecule has 7 rings (SSSR count). The van der Waals surface area contributed by atoms with Crippen molar-refractivity contribution in [3.05, 3.63) is 71.8 Å². The molecule has 3 aromatic carbocycles. The minimum absolute atomic E-state index is 0.00513. The fourth-order valence-corrected chi connectivity index (χ4v) is 6.85. The fraction of sp³-hybridized carbons (Fsp3) is 0.378. The summed E-state index contributed by atoms with van der Waals surface area (Å²) in [5.41, 5.74) is 12.6. The third-order valence-electron chi connectivity index (χ3n) is 9.49. The molecule has 10 heteroatoms. The van der Waals surface area contributed by atoms with E-state index in [1.165, 1.54) is 17.7 Å². The Morgan fingerprint density at radius 2 is 1.79 bits per heavy atom. The molecule has 0 unspecified atom stereocenters. The van der Waals surface area contributed by atoms with Crippen molar-refractivity contribution in [1.82, 2.24) is 19.0 Å². The Hall–Kier alpha value is -4.54. The highest BCUT2D eigenvalue weighted by molar-refractivity contribution is 6.00. The number of aliphatic hydroxyl groups is 1. The molecule has 244 valence electrons. The molecule has 1 aliphatic carbocycles. The average Bonchev–Trinajstić information content (AvgIpc) is 3.75. The van der Waals surface area contributed by atoms with Crippen molar-refractivity contribution in [2.24, 2.45) is 18.7 Å². The lowest BCUT2D eigenvalue weighted by Crippen LogP contribution is -2.50. The molecule has 0 radical (unpaired) electrons. The lowest BCUT2D eigenvalue weighted by molar-refractivity contribution is 0.0606. The first kappa shape index (κ1) is 31.1. The van der Waals surface area contributed by atoms with Gasteiger partial charge in [-0.1, -0.05) is 36.4 Å². The average molecular weight is 638 g/mol. The Bertz CT molecular complexity index is 1970. The second kappa shape index (κ2) is 12.6. The van der Waals surface area contributed by atoms with Gasteiger partial charge in [0, 0.05) is 61.2 Å². The van der Waals surface area contributed by atoms with Gasteiger partial charge in [-0.15, -0.1) is 0 Å². The molecule has 3 heterocycles. The van der Waals surface area contributed by atoms with E-state index >= 15 is 0 Å². The van der Waals surface area contributed by atoms with E-state index in [0.29, 0.717) is 47.7 Å². The second-order valence-corrected chi connectivity index (χ2v) is 13.0. The highest BCUT2D eigenvalue weighted by atomic mass is 19.1. The van der Waals surface area contributed by atoms with Gasteiger partial charge in [0.2, 0.25) is 0 Å². The van der Waals surface area contributed by atoms with Crippen LogP contribution in [0.15, 0.2) is 60.7 Å². The molecule has 2 aliphatic rings. The Morgan fingerprint density at radius 1 is 1.02 bits per heavy atom. The summed E-state index contributed by atoms with van der Waals surface area (Å²) in [6.45, 7) is 1.20. The van der Waals surface area contributed by atoms with E-state index in [1.807, 2.05) is 35.9 Å². The summed E-state index contributed by atoms with van der Waals surface area (Å²) in [5.74, 6) is 1.63. The molecule has 5 aromatic rings.